The molecule has 0 aliphatic heterocycles. The van der Waals surface area contributed by atoms with Crippen molar-refractivity contribution in [2.45, 2.75) is 11.3 Å². The Morgan fingerprint density at radius 1 is 1.09 bits per heavy atom. The SMILES string of the molecule is CN(C(=O)CCNS(=O)(=O)c1ccc(F)cc1)c1ccccc1. The first-order valence-electron chi connectivity index (χ1n) is 6.97. The molecule has 5 nitrogen and oxygen atoms in total. The van der Waals surface area contributed by atoms with Gasteiger partial charge in [0.2, 0.25) is 15.9 Å². The van der Waals surface area contributed by atoms with Crippen LogP contribution >= 0.6 is 0 Å². The van der Waals surface area contributed by atoms with Gasteiger partial charge in [0.15, 0.2) is 0 Å². The Kier molecular flexibility index (Phi) is 5.46. The van der Waals surface area contributed by atoms with E-state index in [1.807, 2.05) is 18.2 Å². The summed E-state index contributed by atoms with van der Waals surface area (Å²) in [5.41, 5.74) is 0.735. The zero-order valence-electron chi connectivity index (χ0n) is 12.6. The van der Waals surface area contributed by atoms with Crippen molar-refractivity contribution in [3.8, 4) is 0 Å². The van der Waals surface area contributed by atoms with Gasteiger partial charge in [0, 0.05) is 25.7 Å². The molecule has 0 aliphatic carbocycles. The molecule has 0 spiro atoms. The third-order valence-corrected chi connectivity index (χ3v) is 4.75. The molecule has 7 heteroatoms. The fourth-order valence-electron chi connectivity index (χ4n) is 1.95. The average Bonchev–Trinajstić information content (AvgIpc) is 2.55. The van der Waals surface area contributed by atoms with E-state index < -0.39 is 15.8 Å². The van der Waals surface area contributed by atoms with Crippen LogP contribution in [0.3, 0.4) is 0 Å². The molecule has 2 aromatic carbocycles. The van der Waals surface area contributed by atoms with Crippen molar-refractivity contribution in [1.29, 1.82) is 0 Å². The molecular weight excluding hydrogens is 319 g/mol. The van der Waals surface area contributed by atoms with Gasteiger partial charge >= 0.3 is 0 Å². The molecule has 0 fully saturated rings. The minimum absolute atomic E-state index is 0.0197. The van der Waals surface area contributed by atoms with E-state index in [1.54, 1.807) is 19.2 Å². The number of nitrogens with one attached hydrogen (secondary N) is 1. The Bertz CT molecular complexity index is 762. The quantitative estimate of drug-likeness (QED) is 0.879. The first-order chi connectivity index (χ1) is 10.9. The monoisotopic (exact) mass is 336 g/mol. The summed E-state index contributed by atoms with van der Waals surface area (Å²) in [7, 11) is -2.12. The number of nitrogens with zero attached hydrogens (tertiary/aromatic N) is 1. The molecule has 0 atom stereocenters. The maximum absolute atomic E-state index is 12.8. The summed E-state index contributed by atoms with van der Waals surface area (Å²) in [6, 6.07) is 13.6. The highest BCUT2D eigenvalue weighted by Gasteiger charge is 2.15. The van der Waals surface area contributed by atoms with Crippen LogP contribution in [0.15, 0.2) is 59.5 Å². The van der Waals surface area contributed by atoms with Crippen molar-refractivity contribution in [2.24, 2.45) is 0 Å². The summed E-state index contributed by atoms with van der Waals surface area (Å²) < 4.78 is 39.2. The average molecular weight is 336 g/mol. The predicted molar refractivity (Wildman–Crippen MR) is 86.1 cm³/mol. The minimum atomic E-state index is -3.75. The normalized spacial score (nSPS) is 11.2. The van der Waals surface area contributed by atoms with Crippen LogP contribution in [-0.2, 0) is 14.8 Å². The summed E-state index contributed by atoms with van der Waals surface area (Å²) in [5.74, 6) is -0.721. The van der Waals surface area contributed by atoms with Crippen LogP contribution in [0, 0.1) is 5.82 Å². The number of carbonyl (C=O) groups excluding carboxylic acids is 1. The number of sulfonamides is 1. The first kappa shape index (κ1) is 17.1. The summed E-state index contributed by atoms with van der Waals surface area (Å²) in [6.45, 7) is -0.0320. The van der Waals surface area contributed by atoms with E-state index in [0.717, 1.165) is 17.8 Å². The highest BCUT2D eigenvalue weighted by atomic mass is 32.2. The molecule has 0 aromatic heterocycles. The lowest BCUT2D eigenvalue weighted by molar-refractivity contribution is -0.118. The van der Waals surface area contributed by atoms with E-state index in [9.17, 15) is 17.6 Å². The second kappa shape index (κ2) is 7.34. The van der Waals surface area contributed by atoms with Gasteiger partial charge in [-0.25, -0.2) is 17.5 Å². The topological polar surface area (TPSA) is 66.5 Å². The molecule has 0 bridgehead atoms. The van der Waals surface area contributed by atoms with Gasteiger partial charge in [-0.05, 0) is 36.4 Å². The summed E-state index contributed by atoms with van der Waals surface area (Å²) in [4.78, 5) is 13.5. The van der Waals surface area contributed by atoms with Crippen molar-refractivity contribution in [3.63, 3.8) is 0 Å². The number of benzene rings is 2. The first-order valence-corrected chi connectivity index (χ1v) is 8.45. The van der Waals surface area contributed by atoms with Crippen LogP contribution in [0.4, 0.5) is 10.1 Å². The predicted octanol–water partition coefficient (Wildman–Crippen LogP) is 2.16. The van der Waals surface area contributed by atoms with Crippen LogP contribution in [0.1, 0.15) is 6.42 Å². The molecule has 2 rings (SSSR count). The molecule has 0 saturated heterocycles. The van der Waals surface area contributed by atoms with Crippen molar-refractivity contribution in [2.75, 3.05) is 18.5 Å². The third kappa shape index (κ3) is 4.61. The molecule has 23 heavy (non-hydrogen) atoms. The van der Waals surface area contributed by atoms with Crippen LogP contribution in [-0.4, -0.2) is 27.9 Å². The maximum Gasteiger partial charge on any atom is 0.240 e. The zero-order chi connectivity index (χ0) is 16.9. The van der Waals surface area contributed by atoms with Crippen molar-refractivity contribution >= 4 is 21.6 Å². The second-order valence-electron chi connectivity index (χ2n) is 4.89. The van der Waals surface area contributed by atoms with Crippen LogP contribution in [0.2, 0.25) is 0 Å². The smallest absolute Gasteiger partial charge is 0.240 e. The van der Waals surface area contributed by atoms with Gasteiger partial charge in [-0.3, -0.25) is 4.79 Å². The van der Waals surface area contributed by atoms with Crippen LogP contribution < -0.4 is 9.62 Å². The van der Waals surface area contributed by atoms with Gasteiger partial charge in [-0.1, -0.05) is 18.2 Å². The lowest BCUT2D eigenvalue weighted by Gasteiger charge is -2.17. The minimum Gasteiger partial charge on any atom is -0.315 e. The Labute approximate surface area is 134 Å². The lowest BCUT2D eigenvalue weighted by Crippen LogP contribution is -2.32. The largest absolute Gasteiger partial charge is 0.315 e. The van der Waals surface area contributed by atoms with E-state index >= 15 is 0 Å². The fourth-order valence-corrected chi connectivity index (χ4v) is 2.98. The van der Waals surface area contributed by atoms with Gasteiger partial charge in [-0.2, -0.15) is 0 Å². The van der Waals surface area contributed by atoms with Gasteiger partial charge in [-0.15, -0.1) is 0 Å². The molecule has 0 saturated carbocycles. The molecule has 2 aromatic rings. The van der Waals surface area contributed by atoms with Crippen molar-refractivity contribution < 1.29 is 17.6 Å². The van der Waals surface area contributed by atoms with Crippen LogP contribution in [0.5, 0.6) is 0 Å². The Morgan fingerprint density at radius 3 is 2.30 bits per heavy atom. The van der Waals surface area contributed by atoms with E-state index in [1.165, 1.54) is 17.0 Å². The van der Waals surface area contributed by atoms with Gasteiger partial charge in [0.25, 0.3) is 0 Å². The second-order valence-corrected chi connectivity index (χ2v) is 6.66. The molecule has 0 radical (unpaired) electrons. The third-order valence-electron chi connectivity index (χ3n) is 3.27. The number of hydrogen-bond acceptors (Lipinski definition) is 3. The van der Waals surface area contributed by atoms with E-state index in [4.69, 9.17) is 0 Å². The number of amides is 1. The number of rotatable bonds is 6. The molecular formula is C16H17FN2O3S. The fraction of sp³-hybridized carbons (Fsp3) is 0.188. The maximum atomic E-state index is 12.8. The summed E-state index contributed by atoms with van der Waals surface area (Å²) in [5, 5.41) is 0. The molecule has 1 amide bonds. The van der Waals surface area contributed by atoms with E-state index in [0.29, 0.717) is 0 Å². The molecule has 0 aliphatic rings. The standard InChI is InChI=1S/C16H17FN2O3S/c1-19(14-5-3-2-4-6-14)16(20)11-12-18-23(21,22)15-9-7-13(17)8-10-15/h2-10,18H,11-12H2,1H3. The number of halogens is 1. The summed E-state index contributed by atoms with van der Waals surface area (Å²) >= 11 is 0. The number of anilines is 1. The van der Waals surface area contributed by atoms with Gasteiger partial charge < -0.3 is 4.90 Å². The molecule has 0 unspecified atom stereocenters. The van der Waals surface area contributed by atoms with E-state index in [2.05, 4.69) is 4.72 Å². The molecule has 1 N–H and O–H groups in total. The van der Waals surface area contributed by atoms with Gasteiger partial charge in [0.05, 0.1) is 4.90 Å². The Hall–Kier alpha value is -2.25. The van der Waals surface area contributed by atoms with Crippen molar-refractivity contribution in [3.05, 3.63) is 60.4 Å². The van der Waals surface area contributed by atoms with E-state index in [-0.39, 0.29) is 23.8 Å². The molecule has 122 valence electrons. The Balaban J connectivity index is 1.91. The molecule has 0 heterocycles. The highest BCUT2D eigenvalue weighted by Crippen LogP contribution is 2.12. The Morgan fingerprint density at radius 2 is 1.70 bits per heavy atom. The lowest BCUT2D eigenvalue weighted by atomic mass is 10.3. The summed E-state index contributed by atoms with van der Waals surface area (Å²) in [6.07, 6.45) is 0.0197. The highest BCUT2D eigenvalue weighted by molar-refractivity contribution is 7.89. The number of para-hydroxylation sites is 1. The van der Waals surface area contributed by atoms with Gasteiger partial charge in [0.1, 0.15) is 5.82 Å². The number of hydrogen-bond donors (Lipinski definition) is 1. The zero-order valence-corrected chi connectivity index (χ0v) is 13.4. The number of carbonyl (C=O) groups is 1. The van der Waals surface area contributed by atoms with Crippen LogP contribution in [0.25, 0.3) is 0 Å². The van der Waals surface area contributed by atoms with Crippen molar-refractivity contribution in [1.82, 2.24) is 4.72 Å².